The Kier molecular flexibility index (Phi) is 2.63. The fourth-order valence-corrected chi connectivity index (χ4v) is 2.65. The summed E-state index contributed by atoms with van der Waals surface area (Å²) in [5.41, 5.74) is 8.54. The molecular formula is C16H15NO. The average Bonchev–Trinajstić information content (AvgIpc) is 3.20. The Morgan fingerprint density at radius 3 is 2.33 bits per heavy atom. The van der Waals surface area contributed by atoms with Crippen LogP contribution < -0.4 is 5.73 Å². The maximum Gasteiger partial charge on any atom is 0.248 e. The molecule has 1 aliphatic carbocycles. The van der Waals surface area contributed by atoms with Crippen molar-refractivity contribution in [3.05, 3.63) is 71.3 Å². The third-order valence-electron chi connectivity index (χ3n) is 3.64. The van der Waals surface area contributed by atoms with E-state index in [0.29, 0.717) is 17.4 Å². The molecular weight excluding hydrogens is 222 g/mol. The van der Waals surface area contributed by atoms with Crippen molar-refractivity contribution in [2.24, 2.45) is 5.73 Å². The van der Waals surface area contributed by atoms with Gasteiger partial charge in [0.1, 0.15) is 0 Å². The van der Waals surface area contributed by atoms with Crippen molar-refractivity contribution in [1.82, 2.24) is 0 Å². The molecule has 1 amide bonds. The summed E-state index contributed by atoms with van der Waals surface area (Å²) in [6, 6.07) is 18.1. The molecule has 0 spiro atoms. The first-order valence-electron chi connectivity index (χ1n) is 6.21. The van der Waals surface area contributed by atoms with Crippen LogP contribution in [-0.4, -0.2) is 5.91 Å². The second-order valence-corrected chi connectivity index (χ2v) is 4.81. The fourth-order valence-electron chi connectivity index (χ4n) is 2.65. The van der Waals surface area contributed by atoms with Gasteiger partial charge >= 0.3 is 0 Å². The van der Waals surface area contributed by atoms with E-state index in [2.05, 4.69) is 24.3 Å². The molecule has 90 valence electrons. The van der Waals surface area contributed by atoms with Gasteiger partial charge in [0.2, 0.25) is 5.91 Å². The van der Waals surface area contributed by atoms with Gasteiger partial charge in [-0.1, -0.05) is 48.5 Å². The lowest BCUT2D eigenvalue weighted by molar-refractivity contribution is 0.0999. The number of rotatable bonds is 3. The van der Waals surface area contributed by atoms with Crippen LogP contribution in [0.4, 0.5) is 0 Å². The molecule has 2 nitrogen and oxygen atoms in total. The van der Waals surface area contributed by atoms with Gasteiger partial charge in [-0.15, -0.1) is 0 Å². The van der Waals surface area contributed by atoms with Gasteiger partial charge in [0.25, 0.3) is 0 Å². The van der Waals surface area contributed by atoms with Crippen LogP contribution in [0.5, 0.6) is 0 Å². The topological polar surface area (TPSA) is 43.1 Å². The Hall–Kier alpha value is -2.09. The zero-order valence-electron chi connectivity index (χ0n) is 10.0. The van der Waals surface area contributed by atoms with Crippen LogP contribution in [0.25, 0.3) is 0 Å². The summed E-state index contributed by atoms with van der Waals surface area (Å²) < 4.78 is 0. The smallest absolute Gasteiger partial charge is 0.248 e. The normalized spacial score (nSPS) is 21.6. The lowest BCUT2D eigenvalue weighted by Crippen LogP contribution is -2.13. The van der Waals surface area contributed by atoms with Crippen molar-refractivity contribution < 1.29 is 4.79 Å². The van der Waals surface area contributed by atoms with E-state index in [1.54, 1.807) is 0 Å². The zero-order valence-corrected chi connectivity index (χ0v) is 10.0. The van der Waals surface area contributed by atoms with Crippen LogP contribution in [-0.2, 0) is 0 Å². The van der Waals surface area contributed by atoms with Crippen LogP contribution >= 0.6 is 0 Å². The van der Waals surface area contributed by atoms with E-state index in [1.165, 1.54) is 5.56 Å². The molecule has 18 heavy (non-hydrogen) atoms. The number of amides is 1. The first-order valence-corrected chi connectivity index (χ1v) is 6.21. The highest BCUT2D eigenvalue weighted by molar-refractivity contribution is 5.94. The quantitative estimate of drug-likeness (QED) is 0.876. The van der Waals surface area contributed by atoms with E-state index in [4.69, 9.17) is 5.73 Å². The standard InChI is InChI=1S/C16H15NO/c17-16(18)13-9-5-4-8-12(13)15-10-14(15)11-6-2-1-3-7-11/h1-9,14-15H,10H2,(H2,17,18). The Morgan fingerprint density at radius 1 is 0.944 bits per heavy atom. The number of primary amides is 1. The SMILES string of the molecule is NC(=O)c1ccccc1C1CC1c1ccccc1. The number of carbonyl (C=O) groups is 1. The Labute approximate surface area is 106 Å². The Morgan fingerprint density at radius 2 is 1.61 bits per heavy atom. The van der Waals surface area contributed by atoms with Crippen molar-refractivity contribution in [2.75, 3.05) is 0 Å². The van der Waals surface area contributed by atoms with Crippen LogP contribution in [0.1, 0.15) is 39.7 Å². The number of hydrogen-bond donors (Lipinski definition) is 1. The van der Waals surface area contributed by atoms with Gasteiger partial charge in [0.05, 0.1) is 0 Å². The first kappa shape index (κ1) is 11.0. The van der Waals surface area contributed by atoms with Crippen molar-refractivity contribution in [1.29, 1.82) is 0 Å². The summed E-state index contributed by atoms with van der Waals surface area (Å²) in [5, 5.41) is 0. The van der Waals surface area contributed by atoms with E-state index >= 15 is 0 Å². The second-order valence-electron chi connectivity index (χ2n) is 4.81. The summed E-state index contributed by atoms with van der Waals surface area (Å²) in [7, 11) is 0. The molecule has 2 N–H and O–H groups in total. The highest BCUT2D eigenvalue weighted by Gasteiger charge is 2.40. The van der Waals surface area contributed by atoms with Gasteiger partial charge in [-0.05, 0) is 35.4 Å². The van der Waals surface area contributed by atoms with E-state index in [-0.39, 0.29) is 5.91 Å². The first-order chi connectivity index (χ1) is 8.77. The number of carbonyl (C=O) groups excluding carboxylic acids is 1. The summed E-state index contributed by atoms with van der Waals surface area (Å²) in [4.78, 5) is 11.4. The van der Waals surface area contributed by atoms with E-state index in [1.807, 2.05) is 30.3 Å². The highest BCUT2D eigenvalue weighted by Crippen LogP contribution is 2.55. The molecule has 1 fully saturated rings. The zero-order chi connectivity index (χ0) is 12.5. The molecule has 2 aromatic carbocycles. The third kappa shape index (κ3) is 1.90. The molecule has 1 aliphatic rings. The lowest BCUT2D eigenvalue weighted by Gasteiger charge is -2.06. The van der Waals surface area contributed by atoms with Crippen molar-refractivity contribution >= 4 is 5.91 Å². The maximum absolute atomic E-state index is 11.4. The summed E-state index contributed by atoms with van der Waals surface area (Å²) in [6.07, 6.45) is 1.11. The maximum atomic E-state index is 11.4. The van der Waals surface area contributed by atoms with Gasteiger partial charge in [0.15, 0.2) is 0 Å². The van der Waals surface area contributed by atoms with E-state index in [0.717, 1.165) is 12.0 Å². The monoisotopic (exact) mass is 237 g/mol. The Bertz CT molecular complexity index is 577. The van der Waals surface area contributed by atoms with Crippen molar-refractivity contribution in [3.8, 4) is 0 Å². The van der Waals surface area contributed by atoms with Crippen LogP contribution in [0, 0.1) is 0 Å². The van der Waals surface area contributed by atoms with Gasteiger partial charge in [0, 0.05) is 5.56 Å². The van der Waals surface area contributed by atoms with Crippen LogP contribution in [0.3, 0.4) is 0 Å². The molecule has 0 aromatic heterocycles. The lowest BCUT2D eigenvalue weighted by atomic mass is 9.99. The van der Waals surface area contributed by atoms with Crippen molar-refractivity contribution in [2.45, 2.75) is 18.3 Å². The minimum Gasteiger partial charge on any atom is -0.366 e. The van der Waals surface area contributed by atoms with Gasteiger partial charge in [-0.25, -0.2) is 0 Å². The summed E-state index contributed by atoms with van der Waals surface area (Å²) in [5.74, 6) is 0.645. The predicted molar refractivity (Wildman–Crippen MR) is 71.5 cm³/mol. The molecule has 0 saturated heterocycles. The molecule has 2 atom stereocenters. The van der Waals surface area contributed by atoms with Gasteiger partial charge in [-0.3, -0.25) is 4.79 Å². The Balaban J connectivity index is 1.89. The van der Waals surface area contributed by atoms with Gasteiger partial charge < -0.3 is 5.73 Å². The van der Waals surface area contributed by atoms with Gasteiger partial charge in [-0.2, -0.15) is 0 Å². The minimum atomic E-state index is -0.329. The summed E-state index contributed by atoms with van der Waals surface area (Å²) >= 11 is 0. The molecule has 3 rings (SSSR count). The number of nitrogens with two attached hydrogens (primary N) is 1. The number of benzene rings is 2. The molecule has 0 bridgehead atoms. The molecule has 0 aliphatic heterocycles. The van der Waals surface area contributed by atoms with E-state index < -0.39 is 0 Å². The molecule has 2 aromatic rings. The second kappa shape index (κ2) is 4.30. The predicted octanol–water partition coefficient (Wildman–Crippen LogP) is 3.06. The molecule has 0 heterocycles. The molecule has 2 unspecified atom stereocenters. The van der Waals surface area contributed by atoms with Crippen LogP contribution in [0.2, 0.25) is 0 Å². The minimum absolute atomic E-state index is 0.329. The fraction of sp³-hybridized carbons (Fsp3) is 0.188. The molecule has 1 saturated carbocycles. The van der Waals surface area contributed by atoms with E-state index in [9.17, 15) is 4.79 Å². The highest BCUT2D eigenvalue weighted by atomic mass is 16.1. The summed E-state index contributed by atoms with van der Waals surface area (Å²) in [6.45, 7) is 0. The number of hydrogen-bond acceptors (Lipinski definition) is 1. The average molecular weight is 237 g/mol. The largest absolute Gasteiger partial charge is 0.366 e. The van der Waals surface area contributed by atoms with Crippen molar-refractivity contribution in [3.63, 3.8) is 0 Å². The molecule has 2 heteroatoms. The van der Waals surface area contributed by atoms with Crippen LogP contribution in [0.15, 0.2) is 54.6 Å². The third-order valence-corrected chi connectivity index (χ3v) is 3.64. The molecule has 0 radical (unpaired) electrons.